The van der Waals surface area contributed by atoms with Crippen molar-refractivity contribution in [2.24, 2.45) is 0 Å². The van der Waals surface area contributed by atoms with Gasteiger partial charge < -0.3 is 0 Å². The molecule has 12 heavy (non-hydrogen) atoms. The van der Waals surface area contributed by atoms with Crippen molar-refractivity contribution in [1.29, 1.82) is 0 Å². The minimum atomic E-state index is -1.25. The van der Waals surface area contributed by atoms with Gasteiger partial charge in [0.1, 0.15) is 0 Å². The van der Waals surface area contributed by atoms with Gasteiger partial charge in [-0.15, -0.1) is 0 Å². The Morgan fingerprint density at radius 3 is 2.25 bits per heavy atom. The molecule has 0 aromatic heterocycles. The summed E-state index contributed by atoms with van der Waals surface area (Å²) >= 11 is 0. The fraction of sp³-hybridized carbons (Fsp3) is 0.273. The zero-order chi connectivity index (χ0) is 9.90. The molecular formula is C11H16Si. The Labute approximate surface area is 77.4 Å². The monoisotopic (exact) mass is 177 g/mol. The van der Waals surface area contributed by atoms with Gasteiger partial charge in [0.15, 0.2) is 0 Å². The van der Waals surface area contributed by atoms with Gasteiger partial charge in [-0.2, -0.15) is 0 Å². The van der Waals surface area contributed by atoms with Crippen LogP contribution in [-0.4, -0.2) is 8.07 Å². The highest BCUT2D eigenvalue weighted by atomic mass is 28.3. The highest BCUT2D eigenvalue weighted by Gasteiger charge is 2.06. The fourth-order valence-electron chi connectivity index (χ4n) is 0.834. The van der Waals surface area contributed by atoms with E-state index in [0.29, 0.717) is 6.05 Å². The van der Waals surface area contributed by atoms with Crippen molar-refractivity contribution in [2.45, 2.75) is 19.6 Å². The average Bonchev–Trinajstić information content (AvgIpc) is 2.03. The second-order valence-electron chi connectivity index (χ2n) is 4.02. The third-order valence-electron chi connectivity index (χ3n) is 1.45. The zero-order valence-electron chi connectivity index (χ0n) is 8.96. The van der Waals surface area contributed by atoms with E-state index in [-0.39, 0.29) is 0 Å². The molecule has 0 heterocycles. The van der Waals surface area contributed by atoms with Crippen LogP contribution < -0.4 is 0 Å². The first-order valence-corrected chi connectivity index (χ1v) is 7.82. The molecule has 0 bridgehead atoms. The van der Waals surface area contributed by atoms with Crippen molar-refractivity contribution < 1.29 is 1.37 Å². The predicted molar refractivity (Wildman–Crippen MR) is 58.8 cm³/mol. The van der Waals surface area contributed by atoms with Gasteiger partial charge in [0.25, 0.3) is 0 Å². The lowest BCUT2D eigenvalue weighted by Gasteiger charge is -2.07. The van der Waals surface area contributed by atoms with Crippen molar-refractivity contribution in [2.75, 3.05) is 0 Å². The van der Waals surface area contributed by atoms with E-state index in [4.69, 9.17) is 1.37 Å². The molecule has 0 atom stereocenters. The third-order valence-corrected chi connectivity index (χ3v) is 2.46. The van der Waals surface area contributed by atoms with Crippen molar-refractivity contribution in [1.82, 2.24) is 0 Å². The summed E-state index contributed by atoms with van der Waals surface area (Å²) in [6, 6.07) is 10.6. The van der Waals surface area contributed by atoms with Crippen LogP contribution in [0.2, 0.25) is 19.6 Å². The van der Waals surface area contributed by atoms with Crippen LogP contribution in [-0.2, 0) is 0 Å². The lowest BCUT2D eigenvalue weighted by atomic mass is 10.2. The van der Waals surface area contributed by atoms with Crippen molar-refractivity contribution in [3.8, 4) is 0 Å². The minimum Gasteiger partial charge on any atom is -0.0944 e. The zero-order valence-corrected chi connectivity index (χ0v) is 8.96. The molecule has 1 aromatic rings. The molecule has 0 aliphatic carbocycles. The van der Waals surface area contributed by atoms with Crippen LogP contribution in [0.3, 0.4) is 0 Å². The van der Waals surface area contributed by atoms with E-state index in [2.05, 4.69) is 25.3 Å². The Bertz CT molecular complexity index is 296. The van der Waals surface area contributed by atoms with E-state index in [1.165, 1.54) is 0 Å². The predicted octanol–water partition coefficient (Wildman–Crippen LogP) is 3.58. The van der Waals surface area contributed by atoms with Crippen LogP contribution in [0.1, 0.15) is 6.93 Å². The molecule has 0 fully saturated rings. The first kappa shape index (κ1) is 7.81. The molecule has 1 rings (SSSR count). The molecule has 0 unspecified atom stereocenters. The van der Waals surface area contributed by atoms with Crippen LogP contribution in [0, 0.1) is 0 Å². The smallest absolute Gasteiger partial charge is 0.0687 e. The summed E-state index contributed by atoms with van der Waals surface area (Å²) in [5, 5.41) is 0. The van der Waals surface area contributed by atoms with Gasteiger partial charge in [-0.1, -0.05) is 61.7 Å². The van der Waals surface area contributed by atoms with Crippen LogP contribution in [0.4, 0.5) is 0 Å². The van der Waals surface area contributed by atoms with Gasteiger partial charge in [0, 0.05) is 0 Å². The van der Waals surface area contributed by atoms with Gasteiger partial charge in [-0.25, -0.2) is 0 Å². The molecule has 0 radical (unpaired) electrons. The lowest BCUT2D eigenvalue weighted by molar-refractivity contribution is 1.66. The van der Waals surface area contributed by atoms with Crippen molar-refractivity contribution >= 4 is 14.1 Å². The maximum Gasteiger partial charge on any atom is 0.0687 e. The van der Waals surface area contributed by atoms with Gasteiger partial charge >= 0.3 is 0 Å². The molecular weight excluding hydrogens is 160 g/mol. The Morgan fingerprint density at radius 2 is 1.75 bits per heavy atom. The molecule has 1 aromatic carbocycles. The van der Waals surface area contributed by atoms with E-state index >= 15 is 0 Å². The maximum atomic E-state index is 7.86. The normalized spacial score (nSPS) is 14.2. The largest absolute Gasteiger partial charge is 0.0944 e. The van der Waals surface area contributed by atoms with Crippen molar-refractivity contribution in [3.63, 3.8) is 0 Å². The van der Waals surface area contributed by atoms with E-state index in [0.717, 1.165) is 5.56 Å². The molecule has 0 saturated carbocycles. The summed E-state index contributed by atoms with van der Waals surface area (Å²) < 4.78 is 7.86. The molecule has 0 N–H and O–H groups in total. The number of rotatable bonds is 2. The number of benzene rings is 1. The first-order valence-electron chi connectivity index (χ1n) is 4.74. The summed E-state index contributed by atoms with van der Waals surface area (Å²) in [5.41, 5.74) is 3.13. The third kappa shape index (κ3) is 3.53. The Balaban J connectivity index is 2.92. The highest BCUT2D eigenvalue weighted by molar-refractivity contribution is 6.81. The lowest BCUT2D eigenvalue weighted by Crippen LogP contribution is -2.15. The van der Waals surface area contributed by atoms with Gasteiger partial charge in [-0.05, 0) is 5.56 Å². The SMILES string of the molecule is [2H]/C(=C/[Si](C)(C)C)c1ccccc1. The summed E-state index contributed by atoms with van der Waals surface area (Å²) in [6.45, 7) is 6.72. The van der Waals surface area contributed by atoms with E-state index in [1.807, 2.05) is 30.3 Å². The Morgan fingerprint density at radius 1 is 1.17 bits per heavy atom. The second-order valence-corrected chi connectivity index (χ2v) is 9.04. The molecule has 0 amide bonds. The molecule has 1 heteroatoms. The standard InChI is InChI=1S/C11H16Si/c1-12(2,3)10-9-11-7-5-4-6-8-11/h4-10H,1-3H3/b10-9-/i9D. The molecule has 0 nitrogen and oxygen atoms in total. The summed E-state index contributed by atoms with van der Waals surface area (Å²) in [4.78, 5) is 0. The van der Waals surface area contributed by atoms with Crippen LogP contribution >= 0.6 is 0 Å². The summed E-state index contributed by atoms with van der Waals surface area (Å²) in [6.07, 6.45) is 0. The van der Waals surface area contributed by atoms with E-state index < -0.39 is 8.07 Å². The highest BCUT2D eigenvalue weighted by Crippen LogP contribution is 2.07. The van der Waals surface area contributed by atoms with Crippen LogP contribution in [0.5, 0.6) is 0 Å². The van der Waals surface area contributed by atoms with Crippen LogP contribution in [0.25, 0.3) is 6.05 Å². The molecule has 0 aliphatic rings. The first-order chi connectivity index (χ1) is 5.99. The molecule has 0 spiro atoms. The molecule has 0 aliphatic heterocycles. The van der Waals surface area contributed by atoms with Gasteiger partial charge in [-0.3, -0.25) is 0 Å². The summed E-state index contributed by atoms with van der Waals surface area (Å²) in [5.74, 6) is 0. The maximum absolute atomic E-state index is 7.86. The minimum absolute atomic E-state index is 0.666. The Kier molecular flexibility index (Phi) is 2.42. The number of hydrogen-bond donors (Lipinski definition) is 0. The fourth-order valence-corrected chi connectivity index (χ4v) is 1.43. The molecule has 0 saturated heterocycles. The van der Waals surface area contributed by atoms with Crippen LogP contribution in [0.15, 0.2) is 36.0 Å². The average molecular weight is 177 g/mol. The topological polar surface area (TPSA) is 0 Å². The Hall–Kier alpha value is -0.823. The van der Waals surface area contributed by atoms with Gasteiger partial charge in [0.2, 0.25) is 0 Å². The summed E-state index contributed by atoms with van der Waals surface area (Å²) in [7, 11) is -1.25. The quantitative estimate of drug-likeness (QED) is 0.606. The number of hydrogen-bond acceptors (Lipinski definition) is 0. The van der Waals surface area contributed by atoms with E-state index in [1.54, 1.807) is 0 Å². The van der Waals surface area contributed by atoms with Gasteiger partial charge in [0.05, 0.1) is 9.44 Å². The molecule has 64 valence electrons. The van der Waals surface area contributed by atoms with Crippen molar-refractivity contribution in [3.05, 3.63) is 41.6 Å². The second kappa shape index (κ2) is 3.72. The van der Waals surface area contributed by atoms with E-state index in [9.17, 15) is 0 Å².